The lowest BCUT2D eigenvalue weighted by atomic mass is 10.1. The van der Waals surface area contributed by atoms with Gasteiger partial charge < -0.3 is 26.6 Å². The first-order valence-corrected chi connectivity index (χ1v) is 6.63. The summed E-state index contributed by atoms with van der Waals surface area (Å²) in [5.74, 6) is -2.25. The van der Waals surface area contributed by atoms with E-state index in [1.54, 1.807) is 12.1 Å². The third-order valence-corrected chi connectivity index (χ3v) is 2.85. The number of phenolic OH excluding ortho intramolecular Hbond substituents is 1. The Morgan fingerprint density at radius 1 is 1.23 bits per heavy atom. The molecule has 1 aromatic rings. The van der Waals surface area contributed by atoms with Gasteiger partial charge in [0, 0.05) is 6.42 Å². The van der Waals surface area contributed by atoms with Crippen LogP contribution in [-0.2, 0) is 20.8 Å². The SMILES string of the molecule is C[C@H](N)C(=O)NCC(=O)N[C@@H](Cc1ccc(O)cc1)C(=O)O. The molecule has 1 aromatic carbocycles. The Balaban J connectivity index is 2.57. The van der Waals surface area contributed by atoms with Gasteiger partial charge in [-0.05, 0) is 24.6 Å². The van der Waals surface area contributed by atoms with Gasteiger partial charge in [0.25, 0.3) is 0 Å². The number of phenols is 1. The summed E-state index contributed by atoms with van der Waals surface area (Å²) in [4.78, 5) is 34.1. The van der Waals surface area contributed by atoms with E-state index in [0.29, 0.717) is 5.56 Å². The molecule has 2 atom stereocenters. The van der Waals surface area contributed by atoms with Crippen molar-refractivity contribution >= 4 is 17.8 Å². The third-order valence-electron chi connectivity index (χ3n) is 2.85. The Morgan fingerprint density at radius 2 is 1.82 bits per heavy atom. The molecular weight excluding hydrogens is 290 g/mol. The summed E-state index contributed by atoms with van der Waals surface area (Å²) in [5, 5.41) is 22.9. The topological polar surface area (TPSA) is 142 Å². The molecule has 0 unspecified atom stereocenters. The monoisotopic (exact) mass is 309 g/mol. The van der Waals surface area contributed by atoms with E-state index in [2.05, 4.69) is 10.6 Å². The zero-order chi connectivity index (χ0) is 16.7. The van der Waals surface area contributed by atoms with Crippen LogP contribution in [0.1, 0.15) is 12.5 Å². The van der Waals surface area contributed by atoms with E-state index in [1.165, 1.54) is 19.1 Å². The molecule has 0 radical (unpaired) electrons. The third kappa shape index (κ3) is 5.80. The van der Waals surface area contributed by atoms with Crippen molar-refractivity contribution in [3.63, 3.8) is 0 Å². The number of carbonyl (C=O) groups excluding carboxylic acids is 2. The number of carboxylic acid groups (broad SMARTS) is 1. The molecule has 0 aliphatic rings. The van der Waals surface area contributed by atoms with Gasteiger partial charge in [-0.2, -0.15) is 0 Å². The maximum atomic E-state index is 11.7. The van der Waals surface area contributed by atoms with Gasteiger partial charge in [-0.25, -0.2) is 4.79 Å². The second kappa shape index (κ2) is 7.99. The maximum Gasteiger partial charge on any atom is 0.326 e. The van der Waals surface area contributed by atoms with Crippen molar-refractivity contribution in [2.24, 2.45) is 5.73 Å². The molecule has 0 aliphatic carbocycles. The maximum absolute atomic E-state index is 11.7. The second-order valence-electron chi connectivity index (χ2n) is 4.84. The summed E-state index contributed by atoms with van der Waals surface area (Å²) >= 11 is 0. The minimum Gasteiger partial charge on any atom is -0.508 e. The highest BCUT2D eigenvalue weighted by atomic mass is 16.4. The number of hydrogen-bond donors (Lipinski definition) is 5. The summed E-state index contributed by atoms with van der Waals surface area (Å²) < 4.78 is 0. The summed E-state index contributed by atoms with van der Waals surface area (Å²) in [6, 6.07) is 4.10. The fourth-order valence-electron chi connectivity index (χ4n) is 1.64. The van der Waals surface area contributed by atoms with E-state index >= 15 is 0 Å². The van der Waals surface area contributed by atoms with Crippen LogP contribution >= 0.6 is 0 Å². The fourth-order valence-corrected chi connectivity index (χ4v) is 1.64. The number of carbonyl (C=O) groups is 3. The van der Waals surface area contributed by atoms with Crippen LogP contribution in [0.2, 0.25) is 0 Å². The van der Waals surface area contributed by atoms with Gasteiger partial charge in [0.1, 0.15) is 11.8 Å². The van der Waals surface area contributed by atoms with E-state index in [0.717, 1.165) is 0 Å². The van der Waals surface area contributed by atoms with Gasteiger partial charge >= 0.3 is 5.97 Å². The minimum absolute atomic E-state index is 0.0581. The quantitative estimate of drug-likeness (QED) is 0.436. The first-order valence-electron chi connectivity index (χ1n) is 6.63. The molecule has 0 saturated carbocycles. The highest BCUT2D eigenvalue weighted by Gasteiger charge is 2.20. The number of amides is 2. The van der Waals surface area contributed by atoms with Crippen LogP contribution in [0, 0.1) is 0 Å². The molecule has 0 spiro atoms. The van der Waals surface area contributed by atoms with Crippen molar-refractivity contribution < 1.29 is 24.6 Å². The highest BCUT2D eigenvalue weighted by molar-refractivity contribution is 5.89. The standard InChI is InChI=1S/C14H19N3O5/c1-8(15)13(20)16-7-12(19)17-11(14(21)22)6-9-2-4-10(18)5-3-9/h2-5,8,11,18H,6-7,15H2,1H3,(H,16,20)(H,17,19)(H,21,22)/t8-,11-/m0/s1. The zero-order valence-electron chi connectivity index (χ0n) is 12.1. The Kier molecular flexibility index (Phi) is 6.33. The van der Waals surface area contributed by atoms with Crippen LogP contribution in [0.15, 0.2) is 24.3 Å². The Morgan fingerprint density at radius 3 is 2.32 bits per heavy atom. The number of benzene rings is 1. The molecular formula is C14H19N3O5. The Hall–Kier alpha value is -2.61. The van der Waals surface area contributed by atoms with Crippen molar-refractivity contribution in [1.29, 1.82) is 0 Å². The van der Waals surface area contributed by atoms with E-state index < -0.39 is 29.9 Å². The van der Waals surface area contributed by atoms with Crippen molar-refractivity contribution in [3.8, 4) is 5.75 Å². The van der Waals surface area contributed by atoms with Gasteiger partial charge in [-0.3, -0.25) is 9.59 Å². The fraction of sp³-hybridized carbons (Fsp3) is 0.357. The Bertz CT molecular complexity index is 542. The first kappa shape index (κ1) is 17.4. The van der Waals surface area contributed by atoms with Crippen molar-refractivity contribution in [2.75, 3.05) is 6.54 Å². The van der Waals surface area contributed by atoms with Crippen LogP contribution < -0.4 is 16.4 Å². The smallest absolute Gasteiger partial charge is 0.326 e. The molecule has 0 fully saturated rings. The molecule has 8 nitrogen and oxygen atoms in total. The number of aliphatic carboxylic acids is 1. The van der Waals surface area contributed by atoms with Gasteiger partial charge in [0.05, 0.1) is 12.6 Å². The van der Waals surface area contributed by atoms with Gasteiger partial charge in [-0.1, -0.05) is 12.1 Å². The Labute approximate surface area is 127 Å². The minimum atomic E-state index is -1.19. The van der Waals surface area contributed by atoms with Crippen LogP contribution in [0.5, 0.6) is 5.75 Å². The summed E-state index contributed by atoms with van der Waals surface area (Å²) in [7, 11) is 0. The van der Waals surface area contributed by atoms with E-state index in [1.807, 2.05) is 0 Å². The number of aromatic hydroxyl groups is 1. The summed E-state index contributed by atoms with van der Waals surface area (Å²) in [5.41, 5.74) is 5.97. The van der Waals surface area contributed by atoms with Crippen molar-refractivity contribution in [2.45, 2.75) is 25.4 Å². The van der Waals surface area contributed by atoms with Gasteiger partial charge in [0.2, 0.25) is 11.8 Å². The number of carboxylic acids is 1. The number of nitrogens with two attached hydrogens (primary N) is 1. The number of hydrogen-bond acceptors (Lipinski definition) is 5. The van der Waals surface area contributed by atoms with Crippen molar-refractivity contribution in [3.05, 3.63) is 29.8 Å². The van der Waals surface area contributed by atoms with E-state index in [4.69, 9.17) is 10.8 Å². The summed E-state index contributed by atoms with van der Waals surface area (Å²) in [6.45, 7) is 1.12. The molecule has 0 aliphatic heterocycles. The average Bonchev–Trinajstić information content (AvgIpc) is 2.46. The highest BCUT2D eigenvalue weighted by Crippen LogP contribution is 2.11. The van der Waals surface area contributed by atoms with Crippen LogP contribution in [0.25, 0.3) is 0 Å². The first-order chi connectivity index (χ1) is 10.3. The van der Waals surface area contributed by atoms with Crippen LogP contribution in [-0.4, -0.2) is 46.6 Å². The molecule has 8 heteroatoms. The second-order valence-corrected chi connectivity index (χ2v) is 4.84. The molecule has 1 rings (SSSR count). The molecule has 120 valence electrons. The van der Waals surface area contributed by atoms with Crippen molar-refractivity contribution in [1.82, 2.24) is 10.6 Å². The average molecular weight is 309 g/mol. The lowest BCUT2D eigenvalue weighted by molar-refractivity contribution is -0.141. The molecule has 2 amide bonds. The largest absolute Gasteiger partial charge is 0.508 e. The van der Waals surface area contributed by atoms with Crippen LogP contribution in [0.3, 0.4) is 0 Å². The van der Waals surface area contributed by atoms with E-state index in [-0.39, 0.29) is 18.7 Å². The molecule has 22 heavy (non-hydrogen) atoms. The molecule has 6 N–H and O–H groups in total. The van der Waals surface area contributed by atoms with Gasteiger partial charge in [0.15, 0.2) is 0 Å². The number of nitrogens with one attached hydrogen (secondary N) is 2. The summed E-state index contributed by atoms with van der Waals surface area (Å²) in [6.07, 6.45) is 0.0581. The predicted octanol–water partition coefficient (Wildman–Crippen LogP) is -1.03. The normalized spacial score (nSPS) is 13.0. The molecule has 0 bridgehead atoms. The lowest BCUT2D eigenvalue weighted by Crippen LogP contribution is -2.48. The molecule has 0 saturated heterocycles. The predicted molar refractivity (Wildman–Crippen MR) is 78.0 cm³/mol. The lowest BCUT2D eigenvalue weighted by Gasteiger charge is -2.15. The van der Waals surface area contributed by atoms with Gasteiger partial charge in [-0.15, -0.1) is 0 Å². The zero-order valence-corrected chi connectivity index (χ0v) is 12.1. The van der Waals surface area contributed by atoms with Crippen LogP contribution in [0.4, 0.5) is 0 Å². The number of rotatable bonds is 7. The molecule has 0 heterocycles. The van der Waals surface area contributed by atoms with E-state index in [9.17, 15) is 19.5 Å². The molecule has 0 aromatic heterocycles.